The van der Waals surface area contributed by atoms with Crippen molar-refractivity contribution in [1.82, 2.24) is 14.8 Å². The number of ether oxygens (including phenoxy) is 1. The predicted molar refractivity (Wildman–Crippen MR) is 151 cm³/mol. The van der Waals surface area contributed by atoms with Gasteiger partial charge in [0.2, 0.25) is 0 Å². The van der Waals surface area contributed by atoms with E-state index in [-0.39, 0.29) is 40.4 Å². The number of morpholine rings is 1. The van der Waals surface area contributed by atoms with E-state index in [1.807, 2.05) is 0 Å². The monoisotopic (exact) mass is 580 g/mol. The lowest BCUT2D eigenvalue weighted by molar-refractivity contribution is -0.110. The molecule has 3 aliphatic heterocycles. The number of fused-ring (bicyclic) bond motifs is 2. The average molecular weight is 581 g/mol. The molecular weight excluding hydrogens is 549 g/mol. The summed E-state index contributed by atoms with van der Waals surface area (Å²) >= 11 is 0. The topological polar surface area (TPSA) is 97.9 Å². The van der Waals surface area contributed by atoms with Crippen molar-refractivity contribution in [2.24, 2.45) is 0 Å². The smallest absolute Gasteiger partial charge is 0.256 e. The Morgan fingerprint density at radius 2 is 1.79 bits per heavy atom. The second kappa shape index (κ2) is 11.4. The molecule has 0 aliphatic carbocycles. The van der Waals surface area contributed by atoms with Crippen LogP contribution in [-0.2, 0) is 16.0 Å². The van der Waals surface area contributed by atoms with Gasteiger partial charge in [-0.2, -0.15) is 0 Å². The van der Waals surface area contributed by atoms with Gasteiger partial charge in [0.25, 0.3) is 11.8 Å². The third kappa shape index (κ3) is 5.12. The molecule has 4 heterocycles. The lowest BCUT2D eigenvalue weighted by Crippen LogP contribution is -2.46. The number of rotatable bonds is 6. The Labute approximate surface area is 240 Å². The normalized spacial score (nSPS) is 19.1. The molecule has 6 rings (SSSR count). The number of halogens is 3. The first kappa shape index (κ1) is 28.2. The maximum absolute atomic E-state index is 15.2. The second-order valence-electron chi connectivity index (χ2n) is 10.9. The van der Waals surface area contributed by atoms with E-state index in [0.29, 0.717) is 61.7 Å². The van der Waals surface area contributed by atoms with E-state index in [2.05, 4.69) is 15.2 Å². The van der Waals surface area contributed by atoms with Crippen LogP contribution in [0.2, 0.25) is 0 Å². The lowest BCUT2D eigenvalue weighted by Gasteiger charge is -2.31. The zero-order valence-electron chi connectivity index (χ0n) is 23.1. The number of amides is 2. The fourth-order valence-electron chi connectivity index (χ4n) is 6.08. The second-order valence-corrected chi connectivity index (χ2v) is 10.9. The van der Waals surface area contributed by atoms with Crippen LogP contribution >= 0.6 is 0 Å². The molecule has 1 atom stereocenters. The van der Waals surface area contributed by atoms with E-state index in [0.717, 1.165) is 25.2 Å². The minimum atomic E-state index is -1.22. The van der Waals surface area contributed by atoms with Crippen LogP contribution < -0.4 is 5.32 Å². The van der Waals surface area contributed by atoms with Crippen molar-refractivity contribution in [1.29, 1.82) is 0 Å². The highest BCUT2D eigenvalue weighted by Crippen LogP contribution is 2.43. The van der Waals surface area contributed by atoms with Gasteiger partial charge < -0.3 is 25.0 Å². The number of aryl methyl sites for hydroxylation is 1. The molecule has 0 radical (unpaired) electrons. The molecule has 8 nitrogen and oxygen atoms in total. The van der Waals surface area contributed by atoms with Crippen molar-refractivity contribution < 1.29 is 32.6 Å². The Balaban J connectivity index is 1.33. The van der Waals surface area contributed by atoms with Crippen LogP contribution in [0.25, 0.3) is 22.8 Å². The standard InChI is InChI=1S/C31H31F3N4O4/c1-17-25(35-23-6-3-9-38(31(41)26(17)23)16-18(39)15-37-10-12-42-13-11-37)14-20-28-24(36-30(20)40)8-7-21(32)27(28)19-4-2-5-22(33)29(19)34/h2,4-5,7-8,14,18,35,39H,3,6,9-13,15-16H2,1H3,(H,36,40)/t18-/m1/s1. The minimum Gasteiger partial charge on any atom is -0.390 e. The molecule has 2 aromatic carbocycles. The van der Waals surface area contributed by atoms with E-state index in [9.17, 15) is 23.5 Å². The number of aromatic nitrogens is 1. The Kier molecular flexibility index (Phi) is 7.65. The van der Waals surface area contributed by atoms with Crippen LogP contribution in [0.4, 0.5) is 18.9 Å². The Bertz CT molecular complexity index is 1600. The van der Waals surface area contributed by atoms with Gasteiger partial charge in [0.15, 0.2) is 11.6 Å². The summed E-state index contributed by atoms with van der Waals surface area (Å²) in [4.78, 5) is 33.8. The quantitative estimate of drug-likeness (QED) is 0.384. The first-order valence-corrected chi connectivity index (χ1v) is 14.0. The van der Waals surface area contributed by atoms with Crippen LogP contribution in [0, 0.1) is 24.4 Å². The largest absolute Gasteiger partial charge is 0.390 e. The van der Waals surface area contributed by atoms with Gasteiger partial charge in [0.1, 0.15) is 5.82 Å². The number of nitrogens with zero attached hydrogens (tertiary/aromatic N) is 2. The van der Waals surface area contributed by atoms with Crippen molar-refractivity contribution >= 4 is 29.2 Å². The van der Waals surface area contributed by atoms with Crippen LogP contribution in [0.5, 0.6) is 0 Å². The summed E-state index contributed by atoms with van der Waals surface area (Å²) in [5.41, 5.74) is 2.21. The highest BCUT2D eigenvalue weighted by molar-refractivity contribution is 6.36. The number of H-pyrrole nitrogens is 1. The molecular formula is C31H31F3N4O4. The summed E-state index contributed by atoms with van der Waals surface area (Å²) in [6.07, 6.45) is 2.06. The Morgan fingerprint density at radius 3 is 2.57 bits per heavy atom. The van der Waals surface area contributed by atoms with E-state index in [4.69, 9.17) is 4.74 Å². The van der Waals surface area contributed by atoms with Gasteiger partial charge in [0, 0.05) is 66.5 Å². The zero-order valence-corrected chi connectivity index (χ0v) is 23.1. The van der Waals surface area contributed by atoms with Gasteiger partial charge in [-0.1, -0.05) is 12.1 Å². The number of anilines is 1. The third-order valence-electron chi connectivity index (χ3n) is 8.15. The van der Waals surface area contributed by atoms with Crippen molar-refractivity contribution in [2.45, 2.75) is 25.9 Å². The molecule has 3 aromatic rings. The number of carbonyl (C=O) groups excluding carboxylic acids is 2. The molecule has 3 aliphatic rings. The van der Waals surface area contributed by atoms with E-state index >= 15 is 4.39 Å². The summed E-state index contributed by atoms with van der Waals surface area (Å²) in [5, 5.41) is 13.4. The van der Waals surface area contributed by atoms with E-state index in [1.54, 1.807) is 11.8 Å². The maximum atomic E-state index is 15.2. The van der Waals surface area contributed by atoms with Gasteiger partial charge in [-0.05, 0) is 49.6 Å². The molecule has 42 heavy (non-hydrogen) atoms. The van der Waals surface area contributed by atoms with E-state index in [1.165, 1.54) is 24.3 Å². The SMILES string of the molecule is Cc1c(C=C2C(=O)Nc3ccc(F)c(-c4cccc(F)c4F)c32)[nH]c2c1C(=O)N(C[C@H](O)CN1CCOCC1)CCC2. The third-order valence-corrected chi connectivity index (χ3v) is 8.15. The number of aliphatic hydroxyl groups excluding tert-OH is 1. The summed E-state index contributed by atoms with van der Waals surface area (Å²) in [7, 11) is 0. The summed E-state index contributed by atoms with van der Waals surface area (Å²) < 4.78 is 49.5. The zero-order chi connectivity index (χ0) is 29.5. The molecule has 0 unspecified atom stereocenters. The Morgan fingerprint density at radius 1 is 1.00 bits per heavy atom. The van der Waals surface area contributed by atoms with Crippen molar-refractivity contribution in [3.05, 3.63) is 75.9 Å². The molecule has 1 aromatic heterocycles. The highest BCUT2D eigenvalue weighted by atomic mass is 19.2. The van der Waals surface area contributed by atoms with Crippen LogP contribution in [0.3, 0.4) is 0 Å². The fourth-order valence-corrected chi connectivity index (χ4v) is 6.08. The first-order valence-electron chi connectivity index (χ1n) is 14.0. The number of aliphatic hydroxyl groups is 1. The molecule has 1 fully saturated rings. The molecule has 11 heteroatoms. The van der Waals surface area contributed by atoms with Gasteiger partial charge in [-0.15, -0.1) is 0 Å². The summed E-state index contributed by atoms with van der Waals surface area (Å²) in [5.74, 6) is -3.90. The molecule has 0 saturated carbocycles. The van der Waals surface area contributed by atoms with E-state index < -0.39 is 29.5 Å². The van der Waals surface area contributed by atoms with Crippen LogP contribution in [0.1, 0.15) is 39.3 Å². The first-order chi connectivity index (χ1) is 20.2. The van der Waals surface area contributed by atoms with Gasteiger partial charge >= 0.3 is 0 Å². The Hall–Kier alpha value is -3.93. The van der Waals surface area contributed by atoms with Gasteiger partial charge in [0.05, 0.1) is 30.5 Å². The van der Waals surface area contributed by atoms with Gasteiger partial charge in [-0.3, -0.25) is 14.5 Å². The lowest BCUT2D eigenvalue weighted by atomic mass is 9.93. The number of hydrogen-bond acceptors (Lipinski definition) is 5. The maximum Gasteiger partial charge on any atom is 0.256 e. The molecule has 1 saturated heterocycles. The van der Waals surface area contributed by atoms with Crippen molar-refractivity contribution in [2.75, 3.05) is 51.3 Å². The van der Waals surface area contributed by atoms with Gasteiger partial charge in [-0.25, -0.2) is 13.2 Å². The number of aromatic amines is 1. The average Bonchev–Trinajstić information content (AvgIpc) is 3.39. The van der Waals surface area contributed by atoms with Crippen molar-refractivity contribution in [3.63, 3.8) is 0 Å². The number of carbonyl (C=O) groups is 2. The number of hydrogen-bond donors (Lipinski definition) is 3. The number of nitrogens with one attached hydrogen (secondary N) is 2. The summed E-state index contributed by atoms with van der Waals surface area (Å²) in [6, 6.07) is 5.97. The number of β-amino-alcohol motifs (C(OH)–C–C–N with tert-alkyl or cyclic N) is 1. The predicted octanol–water partition coefficient (Wildman–Crippen LogP) is 3.98. The molecule has 3 N–H and O–H groups in total. The molecule has 0 bridgehead atoms. The van der Waals surface area contributed by atoms with Crippen molar-refractivity contribution in [3.8, 4) is 11.1 Å². The molecule has 0 spiro atoms. The summed E-state index contributed by atoms with van der Waals surface area (Å²) in [6.45, 7) is 5.60. The molecule has 2 amide bonds. The van der Waals surface area contributed by atoms with Crippen LogP contribution in [0.15, 0.2) is 30.3 Å². The highest BCUT2D eigenvalue weighted by Gasteiger charge is 2.33. The van der Waals surface area contributed by atoms with Crippen LogP contribution in [-0.4, -0.2) is 83.7 Å². The fraction of sp³-hybridized carbons (Fsp3) is 0.355. The molecule has 220 valence electrons. The number of benzene rings is 2. The minimum absolute atomic E-state index is 0.0629.